The van der Waals surface area contributed by atoms with Gasteiger partial charge < -0.3 is 9.64 Å². The number of ether oxygens (including phenoxy) is 1. The van der Waals surface area contributed by atoms with Crippen LogP contribution in [0.1, 0.15) is 37.7 Å². The first-order valence-corrected chi connectivity index (χ1v) is 10.1. The van der Waals surface area contributed by atoms with Crippen LogP contribution in [0.5, 0.6) is 5.88 Å². The fourth-order valence-electron chi connectivity index (χ4n) is 3.73. The highest BCUT2D eigenvalue weighted by atomic mass is 16.5. The lowest BCUT2D eigenvalue weighted by Crippen LogP contribution is -2.43. The number of nitrogens with zero attached hydrogens (tertiary/aromatic N) is 5. The van der Waals surface area contributed by atoms with E-state index in [0.29, 0.717) is 24.8 Å². The fourth-order valence-corrected chi connectivity index (χ4v) is 3.73. The van der Waals surface area contributed by atoms with Crippen LogP contribution in [0.15, 0.2) is 60.9 Å². The summed E-state index contributed by atoms with van der Waals surface area (Å²) in [6, 6.07) is 15.5. The van der Waals surface area contributed by atoms with Gasteiger partial charge in [-0.3, -0.25) is 4.79 Å². The maximum atomic E-state index is 13.0. The quantitative estimate of drug-likeness (QED) is 0.645. The normalized spacial score (nSPS) is 15.8. The lowest BCUT2D eigenvalue weighted by molar-refractivity contribution is -0.134. The van der Waals surface area contributed by atoms with Gasteiger partial charge in [0.2, 0.25) is 11.8 Å². The summed E-state index contributed by atoms with van der Waals surface area (Å²) in [6.07, 6.45) is 5.94. The summed E-state index contributed by atoms with van der Waals surface area (Å²) >= 11 is 0. The third-order valence-electron chi connectivity index (χ3n) is 5.31. The van der Waals surface area contributed by atoms with E-state index in [9.17, 15) is 4.79 Å². The Bertz CT molecular complexity index is 904. The zero-order valence-corrected chi connectivity index (χ0v) is 16.5. The second-order valence-electron chi connectivity index (χ2n) is 7.19. The van der Waals surface area contributed by atoms with Crippen LogP contribution in [0.2, 0.25) is 0 Å². The number of carbonyl (C=O) groups excluding carboxylic acids is 1. The van der Waals surface area contributed by atoms with E-state index in [0.717, 1.165) is 24.8 Å². The highest BCUT2D eigenvalue weighted by Crippen LogP contribution is 2.25. The Balaban J connectivity index is 1.31. The highest BCUT2D eigenvalue weighted by Gasteiger charge is 2.29. The van der Waals surface area contributed by atoms with Gasteiger partial charge in [0.15, 0.2) is 5.82 Å². The topological polar surface area (TPSA) is 73.1 Å². The van der Waals surface area contributed by atoms with Gasteiger partial charge in [0.05, 0.1) is 5.92 Å². The molecule has 1 atom stereocenters. The van der Waals surface area contributed by atoms with Crippen molar-refractivity contribution >= 4 is 5.91 Å². The molecule has 0 bridgehead atoms. The fraction of sp³-hybridized carbons (Fsp3) is 0.364. The predicted octanol–water partition coefficient (Wildman–Crippen LogP) is 3.23. The molecule has 3 aromatic rings. The van der Waals surface area contributed by atoms with Gasteiger partial charge in [0, 0.05) is 44.4 Å². The summed E-state index contributed by atoms with van der Waals surface area (Å²) < 4.78 is 7.64. The number of hydrogen-bond donors (Lipinski definition) is 0. The van der Waals surface area contributed by atoms with Crippen molar-refractivity contribution in [1.29, 1.82) is 0 Å². The molecular weight excluding hydrogens is 366 g/mol. The smallest absolute Gasteiger partial charge is 0.233 e. The van der Waals surface area contributed by atoms with Crippen molar-refractivity contribution in [2.24, 2.45) is 0 Å². The molecule has 29 heavy (non-hydrogen) atoms. The van der Waals surface area contributed by atoms with Crippen LogP contribution < -0.4 is 4.74 Å². The van der Waals surface area contributed by atoms with E-state index in [1.54, 1.807) is 10.9 Å². The minimum Gasteiger partial charge on any atom is -0.473 e. The van der Waals surface area contributed by atoms with Gasteiger partial charge in [0.25, 0.3) is 0 Å². The molecule has 2 aromatic heterocycles. The second-order valence-corrected chi connectivity index (χ2v) is 7.19. The summed E-state index contributed by atoms with van der Waals surface area (Å²) in [5.41, 5.74) is 1.09. The zero-order valence-electron chi connectivity index (χ0n) is 16.5. The van der Waals surface area contributed by atoms with Crippen molar-refractivity contribution in [2.45, 2.75) is 38.2 Å². The largest absolute Gasteiger partial charge is 0.473 e. The van der Waals surface area contributed by atoms with Gasteiger partial charge in [0.1, 0.15) is 6.10 Å². The van der Waals surface area contributed by atoms with Crippen molar-refractivity contribution in [2.75, 3.05) is 13.1 Å². The Morgan fingerprint density at radius 2 is 1.90 bits per heavy atom. The summed E-state index contributed by atoms with van der Waals surface area (Å²) in [4.78, 5) is 15.0. The molecule has 1 aromatic carbocycles. The van der Waals surface area contributed by atoms with Crippen molar-refractivity contribution < 1.29 is 9.53 Å². The van der Waals surface area contributed by atoms with Crippen LogP contribution in [0, 0.1) is 0 Å². The maximum Gasteiger partial charge on any atom is 0.233 e. The molecule has 7 nitrogen and oxygen atoms in total. The number of hydrogen-bond acceptors (Lipinski definition) is 5. The Kier molecular flexibility index (Phi) is 5.84. The number of likely N-dealkylation sites (tertiary alicyclic amines) is 1. The van der Waals surface area contributed by atoms with Crippen molar-refractivity contribution in [3.05, 3.63) is 66.5 Å². The van der Waals surface area contributed by atoms with Crippen LogP contribution in [-0.4, -0.2) is 50.0 Å². The van der Waals surface area contributed by atoms with E-state index < -0.39 is 0 Å². The van der Waals surface area contributed by atoms with E-state index in [4.69, 9.17) is 4.74 Å². The number of rotatable bonds is 6. The summed E-state index contributed by atoms with van der Waals surface area (Å²) in [7, 11) is 0. The van der Waals surface area contributed by atoms with E-state index in [-0.39, 0.29) is 17.9 Å². The minimum absolute atomic E-state index is 0.0423. The van der Waals surface area contributed by atoms with Crippen molar-refractivity contribution in [3.63, 3.8) is 0 Å². The van der Waals surface area contributed by atoms with Gasteiger partial charge in [-0.1, -0.05) is 37.3 Å². The zero-order chi connectivity index (χ0) is 20.1. The lowest BCUT2D eigenvalue weighted by atomic mass is 9.94. The third kappa shape index (κ3) is 4.45. The van der Waals surface area contributed by atoms with Crippen LogP contribution in [0.25, 0.3) is 5.82 Å². The molecular formula is C22H25N5O2. The Hall–Kier alpha value is -3.22. The number of benzene rings is 1. The average Bonchev–Trinajstić information content (AvgIpc) is 3.31. The van der Waals surface area contributed by atoms with Crippen LogP contribution >= 0.6 is 0 Å². The molecule has 1 saturated heterocycles. The molecule has 4 rings (SSSR count). The summed E-state index contributed by atoms with van der Waals surface area (Å²) in [5.74, 6) is 1.28. The SMILES string of the molecule is CCC(C(=O)N1CCC(Oc2ccc(-n3cccn3)nn2)CC1)c1ccccc1. The van der Waals surface area contributed by atoms with Gasteiger partial charge in [-0.15, -0.1) is 10.2 Å². The van der Waals surface area contributed by atoms with Gasteiger partial charge in [-0.2, -0.15) is 5.10 Å². The molecule has 1 amide bonds. The minimum atomic E-state index is -0.0747. The monoisotopic (exact) mass is 391 g/mol. The molecule has 0 aliphatic carbocycles. The van der Waals surface area contributed by atoms with E-state index in [1.807, 2.05) is 59.6 Å². The maximum absolute atomic E-state index is 13.0. The van der Waals surface area contributed by atoms with Crippen LogP contribution in [-0.2, 0) is 4.79 Å². The first kappa shape index (κ1) is 19.1. The highest BCUT2D eigenvalue weighted by molar-refractivity contribution is 5.83. The predicted molar refractivity (Wildman–Crippen MR) is 109 cm³/mol. The third-order valence-corrected chi connectivity index (χ3v) is 5.31. The average molecular weight is 391 g/mol. The van der Waals surface area contributed by atoms with Crippen LogP contribution in [0.3, 0.4) is 0 Å². The van der Waals surface area contributed by atoms with Crippen molar-refractivity contribution in [1.82, 2.24) is 24.9 Å². The van der Waals surface area contributed by atoms with E-state index >= 15 is 0 Å². The number of carbonyl (C=O) groups is 1. The molecule has 0 N–H and O–H groups in total. The van der Waals surface area contributed by atoms with Gasteiger partial charge in [-0.25, -0.2) is 4.68 Å². The van der Waals surface area contributed by atoms with Crippen molar-refractivity contribution in [3.8, 4) is 11.7 Å². The number of piperidine rings is 1. The Morgan fingerprint density at radius 3 is 2.52 bits per heavy atom. The van der Waals surface area contributed by atoms with Crippen LogP contribution in [0.4, 0.5) is 0 Å². The number of amides is 1. The first-order valence-electron chi connectivity index (χ1n) is 10.1. The molecule has 0 radical (unpaired) electrons. The molecule has 1 aliphatic heterocycles. The number of aromatic nitrogens is 4. The molecule has 1 fully saturated rings. The van der Waals surface area contributed by atoms with Gasteiger partial charge >= 0.3 is 0 Å². The van der Waals surface area contributed by atoms with E-state index in [1.165, 1.54) is 0 Å². The molecule has 3 heterocycles. The summed E-state index contributed by atoms with van der Waals surface area (Å²) in [5, 5.41) is 12.4. The molecule has 1 unspecified atom stereocenters. The first-order chi connectivity index (χ1) is 14.2. The second kappa shape index (κ2) is 8.86. The molecule has 0 saturated carbocycles. The van der Waals surface area contributed by atoms with Gasteiger partial charge in [-0.05, 0) is 24.1 Å². The van der Waals surface area contributed by atoms with E-state index in [2.05, 4.69) is 22.2 Å². The summed E-state index contributed by atoms with van der Waals surface area (Å²) in [6.45, 7) is 3.47. The Labute approximate surface area is 170 Å². The molecule has 150 valence electrons. The molecule has 1 aliphatic rings. The Morgan fingerprint density at radius 1 is 1.10 bits per heavy atom. The lowest BCUT2D eigenvalue weighted by Gasteiger charge is -2.34. The molecule has 7 heteroatoms. The molecule has 0 spiro atoms. The standard InChI is InChI=1S/C22H25N5O2/c1-2-19(17-7-4-3-5-8-17)22(28)26-15-11-18(12-16-26)29-21-10-9-20(24-25-21)27-14-6-13-23-27/h3-10,13-14,18-19H,2,11-12,15-16H2,1H3.